The maximum Gasteiger partial charge on any atom is 0.259 e. The van der Waals surface area contributed by atoms with Crippen LogP contribution in [0.25, 0.3) is 10.9 Å². The van der Waals surface area contributed by atoms with E-state index in [1.54, 1.807) is 6.07 Å². The lowest BCUT2D eigenvalue weighted by molar-refractivity contribution is -0.117. The molecule has 0 aliphatic heterocycles. The number of fused-ring (bicyclic) bond motifs is 1. The lowest BCUT2D eigenvalue weighted by atomic mass is 10.1. The first kappa shape index (κ1) is 17.1. The molecule has 1 aliphatic rings. The second-order valence-corrected chi connectivity index (χ2v) is 6.84. The van der Waals surface area contributed by atoms with Crippen LogP contribution >= 0.6 is 0 Å². The predicted octanol–water partition coefficient (Wildman–Crippen LogP) is 4.22. The highest BCUT2D eigenvalue weighted by Crippen LogP contribution is 2.38. The third-order valence-corrected chi connectivity index (χ3v) is 4.77. The van der Waals surface area contributed by atoms with Crippen molar-refractivity contribution in [1.82, 2.24) is 4.98 Å². The molecule has 136 valence electrons. The van der Waals surface area contributed by atoms with E-state index in [4.69, 9.17) is 0 Å². The third kappa shape index (κ3) is 3.65. The molecule has 2 amide bonds. The third-order valence-electron chi connectivity index (χ3n) is 4.77. The Morgan fingerprint density at radius 3 is 2.63 bits per heavy atom. The smallest absolute Gasteiger partial charge is 0.259 e. The lowest BCUT2D eigenvalue weighted by Crippen LogP contribution is -2.20. The minimum atomic E-state index is -0.551. The molecule has 5 nitrogen and oxygen atoms in total. The van der Waals surface area contributed by atoms with Crippen LogP contribution in [0.1, 0.15) is 23.7 Å². The Morgan fingerprint density at radius 1 is 1.07 bits per heavy atom. The Bertz CT molecular complexity index is 1050. The number of nitrogens with zero attached hydrogens (tertiary/aromatic N) is 1. The Balaban J connectivity index is 1.58. The fourth-order valence-electron chi connectivity index (χ4n) is 3.05. The van der Waals surface area contributed by atoms with Crippen LogP contribution in [0.2, 0.25) is 0 Å². The summed E-state index contributed by atoms with van der Waals surface area (Å²) < 4.78 is 13.7. The summed E-state index contributed by atoms with van der Waals surface area (Å²) in [5, 5.41) is 6.37. The Hall–Kier alpha value is -3.28. The van der Waals surface area contributed by atoms with E-state index < -0.39 is 11.7 Å². The van der Waals surface area contributed by atoms with Gasteiger partial charge in [-0.25, -0.2) is 9.37 Å². The average Bonchev–Trinajstić information content (AvgIpc) is 3.40. The van der Waals surface area contributed by atoms with Crippen molar-refractivity contribution in [2.24, 2.45) is 11.8 Å². The second kappa shape index (κ2) is 6.79. The SMILES string of the molecule is C[C@@H]1C[C@@H]1C(=O)Nc1ccc(F)cc1C(=O)Nc1ccc2ccccc2n1. The molecule has 0 spiro atoms. The Labute approximate surface area is 155 Å². The number of amides is 2. The molecule has 27 heavy (non-hydrogen) atoms. The van der Waals surface area contributed by atoms with Crippen molar-refractivity contribution in [3.8, 4) is 0 Å². The Kier molecular flexibility index (Phi) is 4.32. The summed E-state index contributed by atoms with van der Waals surface area (Å²) in [4.78, 5) is 29.3. The van der Waals surface area contributed by atoms with Crippen LogP contribution in [0, 0.1) is 17.7 Å². The van der Waals surface area contributed by atoms with Crippen molar-refractivity contribution in [1.29, 1.82) is 0 Å². The highest BCUT2D eigenvalue weighted by molar-refractivity contribution is 6.10. The fourth-order valence-corrected chi connectivity index (χ4v) is 3.05. The van der Waals surface area contributed by atoms with Gasteiger partial charge in [0.15, 0.2) is 0 Å². The van der Waals surface area contributed by atoms with Crippen molar-refractivity contribution in [3.05, 3.63) is 66.0 Å². The number of carbonyl (C=O) groups excluding carboxylic acids is 2. The summed E-state index contributed by atoms with van der Waals surface area (Å²) in [7, 11) is 0. The predicted molar refractivity (Wildman–Crippen MR) is 102 cm³/mol. The van der Waals surface area contributed by atoms with Gasteiger partial charge in [-0.2, -0.15) is 0 Å². The van der Waals surface area contributed by atoms with Crippen molar-refractivity contribution < 1.29 is 14.0 Å². The van der Waals surface area contributed by atoms with E-state index in [1.165, 1.54) is 12.1 Å². The van der Waals surface area contributed by atoms with E-state index in [1.807, 2.05) is 37.3 Å². The fraction of sp³-hybridized carbons (Fsp3) is 0.190. The maximum absolute atomic E-state index is 13.7. The molecule has 2 atom stereocenters. The summed E-state index contributed by atoms with van der Waals surface area (Å²) >= 11 is 0. The van der Waals surface area contributed by atoms with Gasteiger partial charge in [0, 0.05) is 11.3 Å². The van der Waals surface area contributed by atoms with Gasteiger partial charge in [-0.1, -0.05) is 25.1 Å². The molecular formula is C21H18FN3O2. The molecule has 0 unspecified atom stereocenters. The van der Waals surface area contributed by atoms with Gasteiger partial charge in [-0.3, -0.25) is 9.59 Å². The summed E-state index contributed by atoms with van der Waals surface area (Å²) in [5.41, 5.74) is 1.09. The molecule has 1 aromatic heterocycles. The van der Waals surface area contributed by atoms with E-state index in [0.717, 1.165) is 23.4 Å². The number of anilines is 2. The van der Waals surface area contributed by atoms with Crippen molar-refractivity contribution in [2.45, 2.75) is 13.3 Å². The van der Waals surface area contributed by atoms with Crippen molar-refractivity contribution in [3.63, 3.8) is 0 Å². The first-order valence-electron chi connectivity index (χ1n) is 8.79. The van der Waals surface area contributed by atoms with Crippen LogP contribution < -0.4 is 10.6 Å². The first-order chi connectivity index (χ1) is 13.0. The van der Waals surface area contributed by atoms with Crippen molar-refractivity contribution in [2.75, 3.05) is 10.6 Å². The molecule has 4 rings (SSSR count). The van der Waals surface area contributed by atoms with Gasteiger partial charge in [-0.15, -0.1) is 0 Å². The van der Waals surface area contributed by atoms with E-state index >= 15 is 0 Å². The number of pyridine rings is 1. The number of hydrogen-bond acceptors (Lipinski definition) is 3. The largest absolute Gasteiger partial charge is 0.325 e. The topological polar surface area (TPSA) is 71.1 Å². The number of carbonyl (C=O) groups is 2. The summed E-state index contributed by atoms with van der Waals surface area (Å²) in [6.45, 7) is 1.99. The number of benzene rings is 2. The molecule has 2 aromatic carbocycles. The number of hydrogen-bond donors (Lipinski definition) is 2. The lowest BCUT2D eigenvalue weighted by Gasteiger charge is -2.12. The molecule has 3 aromatic rings. The number of rotatable bonds is 4. The van der Waals surface area contributed by atoms with E-state index in [0.29, 0.717) is 17.4 Å². The standard InChI is InChI=1S/C21H18FN3O2/c1-12-10-15(12)20(26)24-18-8-7-14(22)11-16(18)21(27)25-19-9-6-13-4-2-3-5-17(13)23-19/h2-9,11-12,15H,10H2,1H3,(H,24,26)(H,23,25,27)/t12-,15+/m1/s1. The highest BCUT2D eigenvalue weighted by Gasteiger charge is 2.39. The summed E-state index contributed by atoms with van der Waals surface area (Å²) in [5.74, 6) is -0.582. The molecule has 0 bridgehead atoms. The molecule has 1 aliphatic carbocycles. The van der Waals surface area contributed by atoms with Gasteiger partial charge >= 0.3 is 0 Å². The summed E-state index contributed by atoms with van der Waals surface area (Å²) in [6.07, 6.45) is 0.829. The minimum Gasteiger partial charge on any atom is -0.325 e. The highest BCUT2D eigenvalue weighted by atomic mass is 19.1. The van der Waals surface area contributed by atoms with Crippen molar-refractivity contribution >= 4 is 34.2 Å². The van der Waals surface area contributed by atoms with Gasteiger partial charge in [0.1, 0.15) is 11.6 Å². The van der Waals surface area contributed by atoms with Crippen LogP contribution in [-0.2, 0) is 4.79 Å². The normalized spacial score (nSPS) is 18.1. The van der Waals surface area contributed by atoms with Gasteiger partial charge in [0.05, 0.1) is 16.8 Å². The average molecular weight is 363 g/mol. The zero-order valence-electron chi connectivity index (χ0n) is 14.7. The molecule has 1 heterocycles. The summed E-state index contributed by atoms with van der Waals surface area (Å²) in [6, 6.07) is 14.8. The number of aromatic nitrogens is 1. The Morgan fingerprint density at radius 2 is 1.85 bits per heavy atom. The molecule has 6 heteroatoms. The molecule has 0 saturated heterocycles. The van der Waals surface area contributed by atoms with Gasteiger partial charge < -0.3 is 10.6 Å². The molecule has 0 radical (unpaired) electrons. The number of para-hydroxylation sites is 1. The quantitative estimate of drug-likeness (QED) is 0.729. The minimum absolute atomic E-state index is 0.0480. The van der Waals surface area contributed by atoms with Gasteiger partial charge in [0.2, 0.25) is 5.91 Å². The molecular weight excluding hydrogens is 345 g/mol. The van der Waals surface area contributed by atoms with Crippen LogP contribution in [0.3, 0.4) is 0 Å². The second-order valence-electron chi connectivity index (χ2n) is 6.84. The zero-order chi connectivity index (χ0) is 19.0. The van der Waals surface area contributed by atoms with Crippen LogP contribution in [-0.4, -0.2) is 16.8 Å². The zero-order valence-corrected chi connectivity index (χ0v) is 14.7. The van der Waals surface area contributed by atoms with Gasteiger partial charge in [0.25, 0.3) is 5.91 Å². The van der Waals surface area contributed by atoms with Crippen LogP contribution in [0.4, 0.5) is 15.9 Å². The molecule has 1 saturated carbocycles. The van der Waals surface area contributed by atoms with E-state index in [9.17, 15) is 14.0 Å². The monoisotopic (exact) mass is 363 g/mol. The van der Waals surface area contributed by atoms with E-state index in [2.05, 4.69) is 15.6 Å². The molecule has 1 fully saturated rings. The van der Waals surface area contributed by atoms with Crippen LogP contribution in [0.5, 0.6) is 0 Å². The van der Waals surface area contributed by atoms with Gasteiger partial charge in [-0.05, 0) is 48.7 Å². The number of nitrogens with one attached hydrogen (secondary N) is 2. The first-order valence-corrected chi connectivity index (χ1v) is 8.79. The maximum atomic E-state index is 13.7. The molecule has 2 N–H and O–H groups in total. The van der Waals surface area contributed by atoms with E-state index in [-0.39, 0.29) is 17.4 Å². The van der Waals surface area contributed by atoms with Crippen LogP contribution in [0.15, 0.2) is 54.6 Å². The number of halogens is 1.